The lowest BCUT2D eigenvalue weighted by Gasteiger charge is -2.33. The van der Waals surface area contributed by atoms with Gasteiger partial charge < -0.3 is 26.4 Å². The Bertz CT molecular complexity index is 1220. The molecule has 2 aromatic heterocycles. The molecule has 0 aliphatic carbocycles. The molecule has 3 amide bonds. The summed E-state index contributed by atoms with van der Waals surface area (Å²) in [5.74, 6) is -1.15. The highest BCUT2D eigenvalue weighted by atomic mass is 32.1. The van der Waals surface area contributed by atoms with E-state index in [-0.39, 0.29) is 28.7 Å². The first-order valence-corrected chi connectivity index (χ1v) is 12.1. The van der Waals surface area contributed by atoms with E-state index in [1.54, 1.807) is 48.8 Å². The molecule has 0 bridgehead atoms. The molecule has 1 aromatic carbocycles. The highest BCUT2D eigenvalue weighted by Gasteiger charge is 2.36. The van der Waals surface area contributed by atoms with Crippen molar-refractivity contribution in [2.75, 3.05) is 12.3 Å². The number of hydrogen-bond donors (Lipinski definition) is 3. The largest absolute Gasteiger partial charge is 0.494 e. The van der Waals surface area contributed by atoms with Crippen LogP contribution in [-0.4, -0.2) is 44.1 Å². The number of carbonyl (C=O) groups is 3. The second-order valence-corrected chi connectivity index (χ2v) is 9.85. The molecule has 0 spiro atoms. The minimum absolute atomic E-state index is 0.0205. The first-order chi connectivity index (χ1) is 17.0. The van der Waals surface area contributed by atoms with Crippen LogP contribution in [0.25, 0.3) is 0 Å². The zero-order valence-corrected chi connectivity index (χ0v) is 21.5. The predicted octanol–water partition coefficient (Wildman–Crippen LogP) is 2.92. The van der Waals surface area contributed by atoms with Gasteiger partial charge >= 0.3 is 0 Å². The highest BCUT2D eigenvalue weighted by Crippen LogP contribution is 2.31. The van der Waals surface area contributed by atoms with Crippen molar-refractivity contribution in [1.82, 2.24) is 19.6 Å². The number of aromatic nitrogens is 2. The standard InChI is InChI=1S/C25H30N6O4S/c1-5-35-17-10-8-16(9-11-17)20(23(33)29-25(2,3)4)31(14-15-7-6-12-28-13-15)24(34)21-18(26)19(22(27)32)30-36-21/h6-13,20H,5,14,26H2,1-4H3,(H2,27,32)(H,29,33). The lowest BCUT2D eigenvalue weighted by Crippen LogP contribution is -2.49. The van der Waals surface area contributed by atoms with Crippen molar-refractivity contribution in [2.45, 2.75) is 45.8 Å². The van der Waals surface area contributed by atoms with Crippen LogP contribution < -0.4 is 21.5 Å². The summed E-state index contributed by atoms with van der Waals surface area (Å²) in [4.78, 5) is 44.8. The van der Waals surface area contributed by atoms with Crippen molar-refractivity contribution in [2.24, 2.45) is 5.73 Å². The first-order valence-electron chi connectivity index (χ1n) is 11.3. The SMILES string of the molecule is CCOc1ccc(C(C(=O)NC(C)(C)C)N(Cc2cccnc2)C(=O)c2snc(C(N)=O)c2N)cc1. The molecule has 0 fully saturated rings. The summed E-state index contributed by atoms with van der Waals surface area (Å²) in [5, 5.41) is 2.97. The number of nitrogens with two attached hydrogens (primary N) is 2. The Morgan fingerprint density at radius 1 is 1.17 bits per heavy atom. The van der Waals surface area contributed by atoms with E-state index in [2.05, 4.69) is 14.7 Å². The third kappa shape index (κ3) is 6.36. The second kappa shape index (κ2) is 11.2. The molecular formula is C25H30N6O4S. The van der Waals surface area contributed by atoms with Crippen molar-refractivity contribution in [3.05, 3.63) is 70.5 Å². The average molecular weight is 511 g/mol. The van der Waals surface area contributed by atoms with Gasteiger partial charge in [-0.15, -0.1) is 0 Å². The fourth-order valence-corrected chi connectivity index (χ4v) is 4.31. The molecule has 1 unspecified atom stereocenters. The number of carbonyl (C=O) groups excluding carboxylic acids is 3. The maximum absolute atomic E-state index is 13.9. The monoisotopic (exact) mass is 510 g/mol. The Morgan fingerprint density at radius 3 is 2.39 bits per heavy atom. The number of nitrogen functional groups attached to an aromatic ring is 1. The number of pyridine rings is 1. The second-order valence-electron chi connectivity index (χ2n) is 9.08. The Kier molecular flexibility index (Phi) is 8.25. The molecule has 0 saturated heterocycles. The van der Waals surface area contributed by atoms with E-state index < -0.39 is 23.4 Å². The smallest absolute Gasteiger partial charge is 0.270 e. The molecular weight excluding hydrogens is 480 g/mol. The van der Waals surface area contributed by atoms with Gasteiger partial charge in [0, 0.05) is 24.5 Å². The molecule has 0 saturated carbocycles. The lowest BCUT2D eigenvalue weighted by atomic mass is 10.0. The van der Waals surface area contributed by atoms with Gasteiger partial charge in [0.25, 0.3) is 11.8 Å². The highest BCUT2D eigenvalue weighted by molar-refractivity contribution is 7.09. The third-order valence-electron chi connectivity index (χ3n) is 5.06. The van der Waals surface area contributed by atoms with Gasteiger partial charge in [0.15, 0.2) is 5.69 Å². The van der Waals surface area contributed by atoms with Crippen molar-refractivity contribution in [3.63, 3.8) is 0 Å². The summed E-state index contributed by atoms with van der Waals surface area (Å²) in [6.07, 6.45) is 3.23. The van der Waals surface area contributed by atoms with Crippen molar-refractivity contribution in [1.29, 1.82) is 0 Å². The quantitative estimate of drug-likeness (QED) is 0.400. The summed E-state index contributed by atoms with van der Waals surface area (Å²) in [5.41, 5.74) is 11.8. The van der Waals surface area contributed by atoms with E-state index in [0.717, 1.165) is 11.5 Å². The summed E-state index contributed by atoms with van der Waals surface area (Å²) >= 11 is 0.764. The van der Waals surface area contributed by atoms with Crippen LogP contribution in [0.3, 0.4) is 0 Å². The number of nitrogens with one attached hydrogen (secondary N) is 1. The van der Waals surface area contributed by atoms with E-state index in [9.17, 15) is 14.4 Å². The molecule has 3 rings (SSSR count). The summed E-state index contributed by atoms with van der Waals surface area (Å²) < 4.78 is 9.50. The van der Waals surface area contributed by atoms with E-state index >= 15 is 0 Å². The van der Waals surface area contributed by atoms with Crippen LogP contribution in [0.2, 0.25) is 0 Å². The van der Waals surface area contributed by atoms with Crippen molar-refractivity contribution >= 4 is 34.9 Å². The van der Waals surface area contributed by atoms with Crippen LogP contribution in [0.4, 0.5) is 5.69 Å². The zero-order valence-electron chi connectivity index (χ0n) is 20.6. The lowest BCUT2D eigenvalue weighted by molar-refractivity contribution is -0.127. The minimum atomic E-state index is -1.04. The Labute approximate surface area is 213 Å². The molecule has 10 nitrogen and oxygen atoms in total. The van der Waals surface area contributed by atoms with E-state index in [4.69, 9.17) is 16.2 Å². The van der Waals surface area contributed by atoms with Crippen molar-refractivity contribution in [3.8, 4) is 5.75 Å². The molecule has 0 radical (unpaired) electrons. The number of nitrogens with zero attached hydrogens (tertiary/aromatic N) is 3. The fraction of sp³-hybridized carbons (Fsp3) is 0.320. The van der Waals surface area contributed by atoms with Crippen molar-refractivity contribution < 1.29 is 19.1 Å². The van der Waals surface area contributed by atoms with Crippen LogP contribution in [0.1, 0.15) is 65.0 Å². The van der Waals surface area contributed by atoms with Gasteiger partial charge in [-0.2, -0.15) is 4.37 Å². The summed E-state index contributed by atoms with van der Waals surface area (Å²) in [6.45, 7) is 7.98. The van der Waals surface area contributed by atoms with Crippen LogP contribution in [-0.2, 0) is 11.3 Å². The van der Waals surface area contributed by atoms with E-state index in [1.807, 2.05) is 27.7 Å². The number of primary amides is 1. The van der Waals surface area contributed by atoms with Gasteiger partial charge in [-0.05, 0) is 68.6 Å². The maximum Gasteiger partial charge on any atom is 0.270 e. The van der Waals surface area contributed by atoms with Crippen LogP contribution in [0.5, 0.6) is 5.75 Å². The molecule has 0 aliphatic heterocycles. The zero-order chi connectivity index (χ0) is 26.5. The molecule has 11 heteroatoms. The third-order valence-corrected chi connectivity index (χ3v) is 5.91. The van der Waals surface area contributed by atoms with Crippen LogP contribution in [0, 0.1) is 0 Å². The van der Waals surface area contributed by atoms with Gasteiger partial charge in [0.1, 0.15) is 16.7 Å². The summed E-state index contributed by atoms with van der Waals surface area (Å²) in [7, 11) is 0. The molecule has 36 heavy (non-hydrogen) atoms. The topological polar surface area (TPSA) is 154 Å². The molecule has 3 aromatic rings. The van der Waals surface area contributed by atoms with Gasteiger partial charge in [-0.1, -0.05) is 18.2 Å². The number of hydrogen-bond acceptors (Lipinski definition) is 8. The summed E-state index contributed by atoms with van der Waals surface area (Å²) in [6, 6.07) is 9.48. The molecule has 190 valence electrons. The number of rotatable bonds is 9. The Morgan fingerprint density at radius 2 is 1.86 bits per heavy atom. The predicted molar refractivity (Wildman–Crippen MR) is 137 cm³/mol. The van der Waals surface area contributed by atoms with Gasteiger partial charge in [-0.3, -0.25) is 19.4 Å². The van der Waals surface area contributed by atoms with Crippen LogP contribution in [0.15, 0.2) is 48.8 Å². The Balaban J connectivity index is 2.14. The number of ether oxygens (including phenoxy) is 1. The average Bonchev–Trinajstić information content (AvgIpc) is 3.20. The Hall–Kier alpha value is -3.99. The van der Waals surface area contributed by atoms with Gasteiger partial charge in [0.2, 0.25) is 5.91 Å². The normalized spacial score (nSPS) is 12.0. The van der Waals surface area contributed by atoms with Crippen LogP contribution >= 0.6 is 11.5 Å². The van der Waals surface area contributed by atoms with Gasteiger partial charge in [0.05, 0.1) is 12.3 Å². The molecule has 2 heterocycles. The molecule has 1 atom stereocenters. The number of anilines is 1. The first kappa shape index (κ1) is 26.6. The molecule has 5 N–H and O–H groups in total. The van der Waals surface area contributed by atoms with E-state index in [1.165, 1.54) is 4.90 Å². The maximum atomic E-state index is 13.9. The van der Waals surface area contributed by atoms with Gasteiger partial charge in [-0.25, -0.2) is 0 Å². The number of amides is 3. The fourth-order valence-electron chi connectivity index (χ4n) is 3.55. The molecule has 0 aliphatic rings. The van der Waals surface area contributed by atoms with E-state index in [0.29, 0.717) is 23.5 Å². The number of benzene rings is 1. The minimum Gasteiger partial charge on any atom is -0.494 e.